The Morgan fingerprint density at radius 3 is 1.60 bits per heavy atom. The van der Waals surface area contributed by atoms with Crippen LogP contribution < -0.4 is 0 Å². The highest BCUT2D eigenvalue weighted by Gasteiger charge is 2.34. The monoisotopic (exact) mass is 214 g/mol. The van der Waals surface area contributed by atoms with Gasteiger partial charge in [-0.3, -0.25) is 0 Å². The minimum atomic E-state index is 0.271. The molecule has 4 unspecified atom stereocenters. The molecule has 0 aromatic heterocycles. The Kier molecular flexibility index (Phi) is 4.00. The molecule has 4 atom stereocenters. The second-order valence-corrected chi connectivity index (χ2v) is 4.43. The lowest BCUT2D eigenvalue weighted by molar-refractivity contribution is -0.200. The lowest BCUT2D eigenvalue weighted by Gasteiger charge is -2.39. The van der Waals surface area contributed by atoms with Crippen molar-refractivity contribution in [1.82, 2.24) is 0 Å². The van der Waals surface area contributed by atoms with Gasteiger partial charge in [0.15, 0.2) is 0 Å². The Bertz CT molecular complexity index is 167. The quantitative estimate of drug-likeness (QED) is 0.678. The van der Waals surface area contributed by atoms with Crippen molar-refractivity contribution in [2.24, 2.45) is 0 Å². The normalized spacial score (nSPS) is 34.0. The molecule has 0 bridgehead atoms. The van der Waals surface area contributed by atoms with E-state index in [2.05, 4.69) is 13.8 Å². The summed E-state index contributed by atoms with van der Waals surface area (Å²) >= 11 is 0. The van der Waals surface area contributed by atoms with Gasteiger partial charge in [-0.15, -0.1) is 0 Å². The molecule has 2 aliphatic heterocycles. The van der Waals surface area contributed by atoms with Crippen LogP contribution in [-0.2, 0) is 14.2 Å². The minimum Gasteiger partial charge on any atom is -0.375 e. The van der Waals surface area contributed by atoms with Gasteiger partial charge in [0.2, 0.25) is 0 Å². The molecule has 0 aromatic rings. The number of rotatable bonds is 6. The average molecular weight is 214 g/mol. The number of hydrogen-bond acceptors (Lipinski definition) is 3. The molecule has 2 heterocycles. The van der Waals surface area contributed by atoms with Gasteiger partial charge < -0.3 is 14.2 Å². The summed E-state index contributed by atoms with van der Waals surface area (Å²) in [6, 6.07) is 0. The highest BCUT2D eigenvalue weighted by atomic mass is 16.6. The zero-order valence-corrected chi connectivity index (χ0v) is 9.78. The molecule has 3 nitrogen and oxygen atoms in total. The predicted octanol–water partition coefficient (Wildman–Crippen LogP) is 2.14. The fourth-order valence-electron chi connectivity index (χ4n) is 2.21. The van der Waals surface area contributed by atoms with Crippen molar-refractivity contribution < 1.29 is 14.2 Å². The van der Waals surface area contributed by atoms with Crippen molar-refractivity contribution in [1.29, 1.82) is 0 Å². The van der Waals surface area contributed by atoms with Gasteiger partial charge in [-0.1, -0.05) is 13.8 Å². The third-order valence-corrected chi connectivity index (χ3v) is 3.45. The third kappa shape index (κ3) is 2.52. The first-order valence-corrected chi connectivity index (χ1v) is 6.23. The van der Waals surface area contributed by atoms with Gasteiger partial charge in [-0.05, 0) is 25.7 Å². The van der Waals surface area contributed by atoms with E-state index in [0.717, 1.165) is 38.9 Å². The molecule has 0 N–H and O–H groups in total. The van der Waals surface area contributed by atoms with Crippen LogP contribution in [0.25, 0.3) is 0 Å². The molecule has 0 aliphatic carbocycles. The second-order valence-electron chi connectivity index (χ2n) is 4.43. The first-order valence-electron chi connectivity index (χ1n) is 6.23. The molecule has 0 amide bonds. The Morgan fingerprint density at radius 2 is 1.40 bits per heavy atom. The Balaban J connectivity index is 1.79. The fraction of sp³-hybridized carbons (Fsp3) is 1.00. The summed E-state index contributed by atoms with van der Waals surface area (Å²) in [7, 11) is 0. The predicted molar refractivity (Wildman–Crippen MR) is 58.0 cm³/mol. The van der Waals surface area contributed by atoms with E-state index in [-0.39, 0.29) is 12.2 Å². The third-order valence-electron chi connectivity index (χ3n) is 3.45. The standard InChI is InChI=1S/C12H22O3/c1-3-9(11-5-7-13-11)15-10(4-2)12-6-8-14-12/h9-12H,3-8H2,1-2H3. The Labute approximate surface area is 92.1 Å². The van der Waals surface area contributed by atoms with Gasteiger partial charge in [0.1, 0.15) is 0 Å². The molecule has 15 heavy (non-hydrogen) atoms. The summed E-state index contributed by atoms with van der Waals surface area (Å²) in [5.74, 6) is 0. The summed E-state index contributed by atoms with van der Waals surface area (Å²) in [5.41, 5.74) is 0. The van der Waals surface area contributed by atoms with Crippen LogP contribution in [0.2, 0.25) is 0 Å². The van der Waals surface area contributed by atoms with Gasteiger partial charge >= 0.3 is 0 Å². The molecule has 0 aromatic carbocycles. The van der Waals surface area contributed by atoms with Gasteiger partial charge in [0, 0.05) is 13.2 Å². The Morgan fingerprint density at radius 1 is 1.00 bits per heavy atom. The van der Waals surface area contributed by atoms with E-state index in [1.165, 1.54) is 0 Å². The maximum absolute atomic E-state index is 6.11. The highest BCUT2D eigenvalue weighted by Crippen LogP contribution is 2.26. The molecule has 2 aliphatic rings. The van der Waals surface area contributed by atoms with E-state index in [1.54, 1.807) is 0 Å². The zero-order valence-electron chi connectivity index (χ0n) is 9.78. The van der Waals surface area contributed by atoms with Crippen LogP contribution in [0, 0.1) is 0 Å². The molecule has 2 rings (SSSR count). The molecule has 0 spiro atoms. The molecule has 2 saturated heterocycles. The summed E-state index contributed by atoms with van der Waals surface area (Å²) in [5, 5.41) is 0. The summed E-state index contributed by atoms with van der Waals surface area (Å²) in [6.07, 6.45) is 5.59. The van der Waals surface area contributed by atoms with Crippen molar-refractivity contribution in [3.05, 3.63) is 0 Å². The van der Waals surface area contributed by atoms with Crippen LogP contribution in [0.5, 0.6) is 0 Å². The minimum absolute atomic E-state index is 0.271. The van der Waals surface area contributed by atoms with Crippen molar-refractivity contribution in [2.45, 2.75) is 63.9 Å². The van der Waals surface area contributed by atoms with Gasteiger partial charge in [0.25, 0.3) is 0 Å². The molecule has 0 radical (unpaired) electrons. The molecular weight excluding hydrogens is 192 g/mol. The first-order chi connectivity index (χ1) is 7.35. The molecule has 88 valence electrons. The van der Waals surface area contributed by atoms with Gasteiger partial charge in [0.05, 0.1) is 24.4 Å². The lowest BCUT2D eigenvalue weighted by atomic mass is 10.0. The molecule has 2 fully saturated rings. The largest absolute Gasteiger partial charge is 0.375 e. The maximum Gasteiger partial charge on any atom is 0.0858 e. The summed E-state index contributed by atoms with van der Waals surface area (Å²) < 4.78 is 17.1. The van der Waals surface area contributed by atoms with Crippen LogP contribution in [0.1, 0.15) is 39.5 Å². The zero-order chi connectivity index (χ0) is 10.7. The van der Waals surface area contributed by atoms with Gasteiger partial charge in [-0.25, -0.2) is 0 Å². The van der Waals surface area contributed by atoms with Crippen LogP contribution >= 0.6 is 0 Å². The lowest BCUT2D eigenvalue weighted by Crippen LogP contribution is -2.46. The summed E-state index contributed by atoms with van der Waals surface area (Å²) in [6.45, 7) is 6.14. The van der Waals surface area contributed by atoms with E-state index < -0.39 is 0 Å². The van der Waals surface area contributed by atoms with Crippen LogP contribution in [0.15, 0.2) is 0 Å². The molecular formula is C12H22O3. The van der Waals surface area contributed by atoms with E-state index >= 15 is 0 Å². The van der Waals surface area contributed by atoms with Gasteiger partial charge in [-0.2, -0.15) is 0 Å². The second kappa shape index (κ2) is 5.28. The molecule has 3 heteroatoms. The van der Waals surface area contributed by atoms with Crippen LogP contribution in [0.3, 0.4) is 0 Å². The van der Waals surface area contributed by atoms with Crippen molar-refractivity contribution in [2.75, 3.05) is 13.2 Å². The SMILES string of the molecule is CCC(OC(CC)C1CCO1)C1CCO1. The smallest absolute Gasteiger partial charge is 0.0858 e. The number of ether oxygens (including phenoxy) is 3. The topological polar surface area (TPSA) is 27.7 Å². The average Bonchev–Trinajstić information content (AvgIpc) is 2.09. The van der Waals surface area contributed by atoms with Crippen molar-refractivity contribution in [3.8, 4) is 0 Å². The Hall–Kier alpha value is -0.120. The summed E-state index contributed by atoms with van der Waals surface area (Å²) in [4.78, 5) is 0. The van der Waals surface area contributed by atoms with Crippen molar-refractivity contribution >= 4 is 0 Å². The van der Waals surface area contributed by atoms with Crippen LogP contribution in [-0.4, -0.2) is 37.6 Å². The van der Waals surface area contributed by atoms with E-state index in [0.29, 0.717) is 12.2 Å². The highest BCUT2D eigenvalue weighted by molar-refractivity contribution is 4.81. The maximum atomic E-state index is 6.11. The van der Waals surface area contributed by atoms with Crippen LogP contribution in [0.4, 0.5) is 0 Å². The number of hydrogen-bond donors (Lipinski definition) is 0. The molecule has 0 saturated carbocycles. The van der Waals surface area contributed by atoms with Crippen molar-refractivity contribution in [3.63, 3.8) is 0 Å². The van der Waals surface area contributed by atoms with E-state index in [9.17, 15) is 0 Å². The van der Waals surface area contributed by atoms with E-state index in [1.807, 2.05) is 0 Å². The first kappa shape index (κ1) is 11.4. The fourth-order valence-corrected chi connectivity index (χ4v) is 2.21. The van der Waals surface area contributed by atoms with E-state index in [4.69, 9.17) is 14.2 Å².